The standard InChI is InChI=1S/C13H25N/c1-10-6-7-14-13(8-10)9-11(2)12-4-3-5-12/h10-14H,3-9H2,1-2H3. The van der Waals surface area contributed by atoms with Gasteiger partial charge in [0.2, 0.25) is 0 Å². The van der Waals surface area contributed by atoms with Crippen LogP contribution in [0.3, 0.4) is 0 Å². The third-order valence-electron chi connectivity index (χ3n) is 4.37. The van der Waals surface area contributed by atoms with Crippen molar-refractivity contribution in [2.24, 2.45) is 17.8 Å². The molecule has 1 saturated heterocycles. The average Bonchev–Trinajstić information content (AvgIpc) is 1.99. The molecule has 2 aliphatic rings. The minimum atomic E-state index is 0.828. The maximum absolute atomic E-state index is 3.68. The van der Waals surface area contributed by atoms with Gasteiger partial charge in [-0.25, -0.2) is 0 Å². The van der Waals surface area contributed by atoms with Gasteiger partial charge in [-0.05, 0) is 43.6 Å². The van der Waals surface area contributed by atoms with Crippen molar-refractivity contribution >= 4 is 0 Å². The lowest BCUT2D eigenvalue weighted by atomic mass is 9.73. The van der Waals surface area contributed by atoms with Crippen molar-refractivity contribution in [3.63, 3.8) is 0 Å². The van der Waals surface area contributed by atoms with Crippen LogP contribution in [0.2, 0.25) is 0 Å². The Morgan fingerprint density at radius 1 is 1.29 bits per heavy atom. The van der Waals surface area contributed by atoms with E-state index >= 15 is 0 Å². The summed E-state index contributed by atoms with van der Waals surface area (Å²) in [7, 11) is 0. The Kier molecular flexibility index (Phi) is 3.48. The zero-order chi connectivity index (χ0) is 9.97. The lowest BCUT2D eigenvalue weighted by Gasteiger charge is -2.36. The first-order chi connectivity index (χ1) is 6.75. The number of rotatable bonds is 3. The molecule has 0 spiro atoms. The highest BCUT2D eigenvalue weighted by atomic mass is 14.9. The molecule has 0 bridgehead atoms. The van der Waals surface area contributed by atoms with Crippen molar-refractivity contribution in [3.05, 3.63) is 0 Å². The number of piperidine rings is 1. The largest absolute Gasteiger partial charge is 0.314 e. The van der Waals surface area contributed by atoms with E-state index < -0.39 is 0 Å². The molecular formula is C13H25N. The van der Waals surface area contributed by atoms with Crippen LogP contribution >= 0.6 is 0 Å². The van der Waals surface area contributed by atoms with Crippen LogP contribution in [0.4, 0.5) is 0 Å². The molecule has 2 rings (SSSR count). The van der Waals surface area contributed by atoms with Gasteiger partial charge in [0.15, 0.2) is 0 Å². The first kappa shape index (κ1) is 10.5. The van der Waals surface area contributed by atoms with Gasteiger partial charge in [0.1, 0.15) is 0 Å². The molecule has 3 atom stereocenters. The Balaban J connectivity index is 1.72. The Morgan fingerprint density at radius 2 is 2.07 bits per heavy atom. The summed E-state index contributed by atoms with van der Waals surface area (Å²) in [4.78, 5) is 0. The molecule has 2 fully saturated rings. The Bertz CT molecular complexity index is 174. The maximum atomic E-state index is 3.68. The van der Waals surface area contributed by atoms with Gasteiger partial charge in [-0.1, -0.05) is 33.1 Å². The first-order valence-corrected chi connectivity index (χ1v) is 6.49. The molecular weight excluding hydrogens is 170 g/mol. The smallest absolute Gasteiger partial charge is 0.00722 e. The number of nitrogens with one attached hydrogen (secondary N) is 1. The van der Waals surface area contributed by atoms with Crippen LogP contribution in [0, 0.1) is 17.8 Å². The first-order valence-electron chi connectivity index (χ1n) is 6.49. The fraction of sp³-hybridized carbons (Fsp3) is 1.00. The van der Waals surface area contributed by atoms with Crippen LogP contribution in [0.25, 0.3) is 0 Å². The second-order valence-electron chi connectivity index (χ2n) is 5.68. The quantitative estimate of drug-likeness (QED) is 0.729. The van der Waals surface area contributed by atoms with Crippen LogP contribution in [-0.2, 0) is 0 Å². The summed E-state index contributed by atoms with van der Waals surface area (Å²) >= 11 is 0. The normalized spacial score (nSPS) is 36.4. The summed E-state index contributed by atoms with van der Waals surface area (Å²) in [6.07, 6.45) is 8.72. The molecule has 0 aromatic rings. The van der Waals surface area contributed by atoms with Crippen molar-refractivity contribution in [1.29, 1.82) is 0 Å². The van der Waals surface area contributed by atoms with Crippen molar-refractivity contribution < 1.29 is 0 Å². The highest BCUT2D eigenvalue weighted by Crippen LogP contribution is 2.36. The van der Waals surface area contributed by atoms with Crippen LogP contribution < -0.4 is 5.32 Å². The van der Waals surface area contributed by atoms with Gasteiger partial charge in [-0.2, -0.15) is 0 Å². The van der Waals surface area contributed by atoms with Gasteiger partial charge in [0, 0.05) is 6.04 Å². The zero-order valence-corrected chi connectivity index (χ0v) is 9.76. The summed E-state index contributed by atoms with van der Waals surface area (Å²) < 4.78 is 0. The van der Waals surface area contributed by atoms with Gasteiger partial charge in [-0.15, -0.1) is 0 Å². The Morgan fingerprint density at radius 3 is 2.64 bits per heavy atom. The number of hydrogen-bond acceptors (Lipinski definition) is 1. The van der Waals surface area contributed by atoms with Crippen molar-refractivity contribution in [2.75, 3.05) is 6.54 Å². The summed E-state index contributed by atoms with van der Waals surface area (Å²) in [5, 5.41) is 3.68. The third-order valence-corrected chi connectivity index (χ3v) is 4.37. The van der Waals surface area contributed by atoms with E-state index in [9.17, 15) is 0 Å². The van der Waals surface area contributed by atoms with E-state index in [1.807, 2.05) is 0 Å². The van der Waals surface area contributed by atoms with Crippen LogP contribution in [0.15, 0.2) is 0 Å². The molecule has 3 unspecified atom stereocenters. The van der Waals surface area contributed by atoms with E-state index in [0.717, 1.165) is 23.8 Å². The van der Waals surface area contributed by atoms with Crippen LogP contribution in [0.5, 0.6) is 0 Å². The van der Waals surface area contributed by atoms with E-state index in [0.29, 0.717) is 0 Å². The molecule has 0 amide bonds. The zero-order valence-electron chi connectivity index (χ0n) is 9.76. The summed E-state index contributed by atoms with van der Waals surface area (Å²) in [5.74, 6) is 2.98. The van der Waals surface area contributed by atoms with E-state index in [4.69, 9.17) is 0 Å². The van der Waals surface area contributed by atoms with E-state index in [2.05, 4.69) is 19.2 Å². The second-order valence-corrected chi connectivity index (χ2v) is 5.68. The molecule has 82 valence electrons. The molecule has 0 radical (unpaired) electrons. The van der Waals surface area contributed by atoms with Crippen LogP contribution in [-0.4, -0.2) is 12.6 Å². The molecule has 14 heavy (non-hydrogen) atoms. The van der Waals surface area contributed by atoms with Crippen LogP contribution in [0.1, 0.15) is 52.4 Å². The topological polar surface area (TPSA) is 12.0 Å². The molecule has 1 saturated carbocycles. The molecule has 1 aliphatic heterocycles. The van der Waals surface area contributed by atoms with Crippen molar-refractivity contribution in [2.45, 2.75) is 58.4 Å². The predicted octanol–water partition coefficient (Wildman–Crippen LogP) is 3.20. The minimum absolute atomic E-state index is 0.828. The van der Waals surface area contributed by atoms with E-state index in [-0.39, 0.29) is 0 Å². The number of hydrogen-bond donors (Lipinski definition) is 1. The Labute approximate surface area is 88.7 Å². The molecule has 1 aliphatic carbocycles. The molecule has 1 heterocycles. The molecule has 1 heteroatoms. The Hall–Kier alpha value is -0.0400. The summed E-state index contributed by atoms with van der Waals surface area (Å²) in [6, 6.07) is 0.828. The van der Waals surface area contributed by atoms with Gasteiger partial charge in [0.05, 0.1) is 0 Å². The third kappa shape index (κ3) is 2.50. The minimum Gasteiger partial charge on any atom is -0.314 e. The molecule has 1 N–H and O–H groups in total. The highest BCUT2D eigenvalue weighted by Gasteiger charge is 2.27. The van der Waals surface area contributed by atoms with E-state index in [1.165, 1.54) is 45.1 Å². The van der Waals surface area contributed by atoms with Gasteiger partial charge in [-0.3, -0.25) is 0 Å². The van der Waals surface area contributed by atoms with Gasteiger partial charge in [0.25, 0.3) is 0 Å². The molecule has 0 aromatic heterocycles. The van der Waals surface area contributed by atoms with Crippen molar-refractivity contribution in [1.82, 2.24) is 5.32 Å². The monoisotopic (exact) mass is 195 g/mol. The lowest BCUT2D eigenvalue weighted by molar-refractivity contribution is 0.178. The lowest BCUT2D eigenvalue weighted by Crippen LogP contribution is -2.39. The molecule has 0 aromatic carbocycles. The highest BCUT2D eigenvalue weighted by molar-refractivity contribution is 4.82. The summed E-state index contributed by atoms with van der Waals surface area (Å²) in [5.41, 5.74) is 0. The fourth-order valence-corrected chi connectivity index (χ4v) is 3.05. The fourth-order valence-electron chi connectivity index (χ4n) is 3.05. The van der Waals surface area contributed by atoms with Crippen molar-refractivity contribution in [3.8, 4) is 0 Å². The summed E-state index contributed by atoms with van der Waals surface area (Å²) in [6.45, 7) is 6.12. The molecule has 1 nitrogen and oxygen atoms in total. The average molecular weight is 195 g/mol. The van der Waals surface area contributed by atoms with Gasteiger partial charge < -0.3 is 5.32 Å². The van der Waals surface area contributed by atoms with Gasteiger partial charge >= 0.3 is 0 Å². The van der Waals surface area contributed by atoms with E-state index in [1.54, 1.807) is 0 Å². The SMILES string of the molecule is CC1CCNC(CC(C)C2CCC2)C1. The second kappa shape index (κ2) is 4.65. The predicted molar refractivity (Wildman–Crippen MR) is 61.3 cm³/mol. The maximum Gasteiger partial charge on any atom is 0.00722 e.